The zero-order valence-electron chi connectivity index (χ0n) is 11.6. The molecular formula is C14H28N2O. The first-order chi connectivity index (χ1) is 8.03. The molecule has 3 atom stereocenters. The van der Waals surface area contributed by atoms with Crippen LogP contribution in [0.3, 0.4) is 0 Å². The lowest BCUT2D eigenvalue weighted by molar-refractivity contribution is -0.0963. The van der Waals surface area contributed by atoms with Crippen molar-refractivity contribution in [2.45, 2.75) is 64.1 Å². The van der Waals surface area contributed by atoms with Crippen molar-refractivity contribution in [1.82, 2.24) is 4.90 Å². The maximum atomic E-state index is 5.99. The van der Waals surface area contributed by atoms with E-state index in [2.05, 4.69) is 25.7 Å². The predicted molar refractivity (Wildman–Crippen MR) is 71.0 cm³/mol. The summed E-state index contributed by atoms with van der Waals surface area (Å²) in [6.45, 7) is 9.72. The van der Waals surface area contributed by atoms with Gasteiger partial charge < -0.3 is 10.5 Å². The van der Waals surface area contributed by atoms with Crippen molar-refractivity contribution < 1.29 is 4.74 Å². The van der Waals surface area contributed by atoms with Crippen LogP contribution in [0.15, 0.2) is 0 Å². The number of ether oxygens (including phenoxy) is 1. The Bertz CT molecular complexity index is 255. The summed E-state index contributed by atoms with van der Waals surface area (Å²) in [5.74, 6) is 0.750. The summed E-state index contributed by atoms with van der Waals surface area (Å²) in [7, 11) is 0. The highest BCUT2D eigenvalue weighted by Gasteiger charge is 2.37. The van der Waals surface area contributed by atoms with Crippen molar-refractivity contribution in [1.29, 1.82) is 0 Å². The molecule has 17 heavy (non-hydrogen) atoms. The molecule has 3 nitrogen and oxygen atoms in total. The van der Waals surface area contributed by atoms with Gasteiger partial charge in [0.1, 0.15) is 0 Å². The Kier molecular flexibility index (Phi) is 4.11. The third-order valence-electron chi connectivity index (χ3n) is 4.54. The van der Waals surface area contributed by atoms with E-state index >= 15 is 0 Å². The fourth-order valence-electron chi connectivity index (χ4n) is 3.58. The molecule has 100 valence electrons. The summed E-state index contributed by atoms with van der Waals surface area (Å²) in [6.07, 6.45) is 4.99. The van der Waals surface area contributed by atoms with Crippen LogP contribution in [0, 0.1) is 5.92 Å². The highest BCUT2D eigenvalue weighted by atomic mass is 16.5. The number of nitrogens with two attached hydrogens (primary N) is 1. The second kappa shape index (κ2) is 5.25. The monoisotopic (exact) mass is 240 g/mol. The summed E-state index contributed by atoms with van der Waals surface area (Å²) in [5.41, 5.74) is 6.03. The van der Waals surface area contributed by atoms with Gasteiger partial charge in [0.25, 0.3) is 0 Å². The Hall–Kier alpha value is -0.120. The molecule has 2 aliphatic rings. The van der Waals surface area contributed by atoms with E-state index in [0.29, 0.717) is 12.1 Å². The Morgan fingerprint density at radius 1 is 1.35 bits per heavy atom. The lowest BCUT2D eigenvalue weighted by Gasteiger charge is -2.48. The van der Waals surface area contributed by atoms with Crippen LogP contribution >= 0.6 is 0 Å². The SMILES string of the molecule is CC1CCCN(C2CCOC(C)(C)C2)C1CN. The Labute approximate surface area is 106 Å². The third-order valence-corrected chi connectivity index (χ3v) is 4.54. The van der Waals surface area contributed by atoms with Crippen LogP contribution in [0.25, 0.3) is 0 Å². The van der Waals surface area contributed by atoms with Gasteiger partial charge in [0, 0.05) is 25.2 Å². The average molecular weight is 240 g/mol. The molecule has 0 spiro atoms. The number of piperidine rings is 1. The molecule has 0 amide bonds. The second-order valence-electron chi connectivity index (χ2n) is 6.42. The highest BCUT2D eigenvalue weighted by molar-refractivity contribution is 4.91. The molecule has 3 unspecified atom stereocenters. The average Bonchev–Trinajstić information content (AvgIpc) is 2.27. The van der Waals surface area contributed by atoms with Crippen molar-refractivity contribution >= 4 is 0 Å². The zero-order valence-corrected chi connectivity index (χ0v) is 11.6. The first kappa shape index (κ1) is 13.3. The summed E-state index contributed by atoms with van der Waals surface area (Å²) in [5, 5.41) is 0. The molecule has 0 aromatic carbocycles. The third kappa shape index (κ3) is 3.01. The lowest BCUT2D eigenvalue weighted by Crippen LogP contribution is -2.56. The minimum atomic E-state index is 0.0444. The van der Waals surface area contributed by atoms with E-state index in [1.807, 2.05) is 0 Å². The molecule has 2 aliphatic heterocycles. The summed E-state index contributed by atoms with van der Waals surface area (Å²) < 4.78 is 5.82. The molecule has 0 aliphatic carbocycles. The van der Waals surface area contributed by atoms with E-state index in [1.54, 1.807) is 0 Å². The predicted octanol–water partition coefficient (Wildman–Crippen LogP) is 2.00. The number of hydrogen-bond donors (Lipinski definition) is 1. The van der Waals surface area contributed by atoms with E-state index in [1.165, 1.54) is 25.8 Å². The number of rotatable bonds is 2. The molecule has 0 saturated carbocycles. The van der Waals surface area contributed by atoms with Crippen molar-refractivity contribution in [3.05, 3.63) is 0 Å². The van der Waals surface area contributed by atoms with Gasteiger partial charge in [-0.15, -0.1) is 0 Å². The van der Waals surface area contributed by atoms with Crippen LogP contribution in [0.5, 0.6) is 0 Å². The summed E-state index contributed by atoms with van der Waals surface area (Å²) in [4.78, 5) is 2.68. The molecular weight excluding hydrogens is 212 g/mol. The van der Waals surface area contributed by atoms with Crippen LogP contribution in [0.2, 0.25) is 0 Å². The van der Waals surface area contributed by atoms with Gasteiger partial charge in [0.05, 0.1) is 5.60 Å². The van der Waals surface area contributed by atoms with Crippen LogP contribution in [0.1, 0.15) is 46.5 Å². The van der Waals surface area contributed by atoms with Gasteiger partial charge in [0.15, 0.2) is 0 Å². The van der Waals surface area contributed by atoms with Crippen molar-refractivity contribution in [3.8, 4) is 0 Å². The number of likely N-dealkylation sites (tertiary alicyclic amines) is 1. The summed E-state index contributed by atoms with van der Waals surface area (Å²) >= 11 is 0. The lowest BCUT2D eigenvalue weighted by atomic mass is 9.85. The maximum absolute atomic E-state index is 5.99. The fraction of sp³-hybridized carbons (Fsp3) is 1.00. The molecule has 0 bridgehead atoms. The summed E-state index contributed by atoms with van der Waals surface area (Å²) in [6, 6.07) is 1.26. The highest BCUT2D eigenvalue weighted by Crippen LogP contribution is 2.32. The van der Waals surface area contributed by atoms with Crippen molar-refractivity contribution in [2.75, 3.05) is 19.7 Å². The van der Waals surface area contributed by atoms with Gasteiger partial charge in [-0.2, -0.15) is 0 Å². The molecule has 0 radical (unpaired) electrons. The Balaban J connectivity index is 2.04. The van der Waals surface area contributed by atoms with Gasteiger partial charge in [0.2, 0.25) is 0 Å². The van der Waals surface area contributed by atoms with Gasteiger partial charge in [-0.1, -0.05) is 6.92 Å². The minimum absolute atomic E-state index is 0.0444. The molecule has 2 saturated heterocycles. The number of nitrogens with zero attached hydrogens (tertiary/aromatic N) is 1. The van der Waals surface area contributed by atoms with Crippen LogP contribution in [-0.2, 0) is 4.74 Å². The van der Waals surface area contributed by atoms with E-state index in [0.717, 1.165) is 25.5 Å². The molecule has 0 aromatic rings. The van der Waals surface area contributed by atoms with Crippen LogP contribution in [0.4, 0.5) is 0 Å². The van der Waals surface area contributed by atoms with E-state index < -0.39 is 0 Å². The van der Waals surface area contributed by atoms with E-state index in [9.17, 15) is 0 Å². The fourth-order valence-corrected chi connectivity index (χ4v) is 3.58. The molecule has 3 heteroatoms. The van der Waals surface area contributed by atoms with Gasteiger partial charge in [-0.25, -0.2) is 0 Å². The van der Waals surface area contributed by atoms with Gasteiger partial charge in [-0.05, 0) is 52.0 Å². The molecule has 2 heterocycles. The number of hydrogen-bond acceptors (Lipinski definition) is 3. The first-order valence-corrected chi connectivity index (χ1v) is 7.13. The first-order valence-electron chi connectivity index (χ1n) is 7.13. The standard InChI is InChI=1S/C14H28N2O/c1-11-5-4-7-16(13(11)10-15)12-6-8-17-14(2,3)9-12/h11-13H,4-10,15H2,1-3H3. The smallest absolute Gasteiger partial charge is 0.0641 e. The zero-order chi connectivity index (χ0) is 12.5. The topological polar surface area (TPSA) is 38.5 Å². The molecule has 2 N–H and O–H groups in total. The molecule has 2 fully saturated rings. The van der Waals surface area contributed by atoms with Crippen LogP contribution < -0.4 is 5.73 Å². The molecule has 2 rings (SSSR count). The van der Waals surface area contributed by atoms with Gasteiger partial charge in [-0.3, -0.25) is 4.90 Å². The molecule has 0 aromatic heterocycles. The van der Waals surface area contributed by atoms with Gasteiger partial charge >= 0.3 is 0 Å². The van der Waals surface area contributed by atoms with E-state index in [-0.39, 0.29) is 5.60 Å². The van der Waals surface area contributed by atoms with Crippen LogP contribution in [-0.4, -0.2) is 42.3 Å². The minimum Gasteiger partial charge on any atom is -0.375 e. The normalized spacial score (nSPS) is 39.2. The Morgan fingerprint density at radius 3 is 2.76 bits per heavy atom. The van der Waals surface area contributed by atoms with Crippen molar-refractivity contribution in [2.24, 2.45) is 11.7 Å². The largest absolute Gasteiger partial charge is 0.375 e. The quantitative estimate of drug-likeness (QED) is 0.802. The Morgan fingerprint density at radius 2 is 2.12 bits per heavy atom. The second-order valence-corrected chi connectivity index (χ2v) is 6.42. The van der Waals surface area contributed by atoms with Crippen molar-refractivity contribution in [3.63, 3.8) is 0 Å². The van der Waals surface area contributed by atoms with E-state index in [4.69, 9.17) is 10.5 Å². The maximum Gasteiger partial charge on any atom is 0.0641 e.